The fourth-order valence-electron chi connectivity index (χ4n) is 2.89. The number of benzene rings is 2. The highest BCUT2D eigenvalue weighted by Gasteiger charge is 2.31. The number of nitrogens with one attached hydrogen (secondary N) is 2. The molecule has 0 radical (unpaired) electrons. The van der Waals surface area contributed by atoms with E-state index in [1.54, 1.807) is 49.4 Å². The summed E-state index contributed by atoms with van der Waals surface area (Å²) in [5, 5.41) is 5.43. The number of hydrogen-bond donors (Lipinski definition) is 2. The predicted octanol–water partition coefficient (Wildman–Crippen LogP) is 4.71. The summed E-state index contributed by atoms with van der Waals surface area (Å²) in [6.45, 7) is 1.79. The van der Waals surface area contributed by atoms with Crippen LogP contribution in [0.2, 0.25) is 0 Å². The minimum absolute atomic E-state index is 0.0142. The second kappa shape index (κ2) is 7.64. The molecule has 0 saturated heterocycles. The van der Waals surface area contributed by atoms with Gasteiger partial charge in [-0.1, -0.05) is 24.3 Å². The number of aryl methyl sites for hydroxylation is 1. The van der Waals surface area contributed by atoms with Gasteiger partial charge in [-0.2, -0.15) is 13.2 Å². The van der Waals surface area contributed by atoms with Crippen molar-refractivity contribution in [2.45, 2.75) is 30.3 Å². The molecular formula is C19H17F3N2O2S. The first-order chi connectivity index (χ1) is 12.7. The highest BCUT2D eigenvalue weighted by atomic mass is 32.2. The van der Waals surface area contributed by atoms with Gasteiger partial charge in [-0.25, -0.2) is 0 Å². The molecule has 1 aliphatic rings. The zero-order valence-electron chi connectivity index (χ0n) is 14.4. The number of para-hydroxylation sites is 1. The molecule has 2 amide bonds. The minimum atomic E-state index is -4.31. The quantitative estimate of drug-likeness (QED) is 0.738. The molecule has 8 heteroatoms. The van der Waals surface area contributed by atoms with Crippen LogP contribution in [0.3, 0.4) is 0 Å². The Kier molecular flexibility index (Phi) is 5.46. The lowest BCUT2D eigenvalue weighted by molar-refractivity contribution is -0.123. The third kappa shape index (κ3) is 4.82. The molecule has 27 heavy (non-hydrogen) atoms. The van der Waals surface area contributed by atoms with E-state index in [0.29, 0.717) is 33.6 Å². The lowest BCUT2D eigenvalue weighted by atomic mass is 9.90. The summed E-state index contributed by atoms with van der Waals surface area (Å²) >= 11 is 0.618. The van der Waals surface area contributed by atoms with Crippen molar-refractivity contribution < 1.29 is 22.8 Å². The van der Waals surface area contributed by atoms with E-state index >= 15 is 0 Å². The molecule has 4 nitrogen and oxygen atoms in total. The van der Waals surface area contributed by atoms with Crippen LogP contribution in [-0.2, 0) is 9.59 Å². The number of anilines is 2. The molecule has 0 fully saturated rings. The fraction of sp³-hybridized carbons (Fsp3) is 0.263. The summed E-state index contributed by atoms with van der Waals surface area (Å²) in [5.74, 6) is -2.44. The zero-order chi connectivity index (χ0) is 19.6. The average Bonchev–Trinajstić information content (AvgIpc) is 2.59. The topological polar surface area (TPSA) is 58.2 Å². The van der Waals surface area contributed by atoms with Gasteiger partial charge in [-0.15, -0.1) is 11.8 Å². The molecular weight excluding hydrogens is 377 g/mol. The van der Waals surface area contributed by atoms with Crippen LogP contribution in [-0.4, -0.2) is 23.7 Å². The SMILES string of the molecule is Cc1ccc(SCC(F)(F)F)c(NC(=O)C2CC(=O)Nc3ccccc32)c1. The molecule has 0 aliphatic carbocycles. The summed E-state index contributed by atoms with van der Waals surface area (Å²) in [6.07, 6.45) is -4.32. The van der Waals surface area contributed by atoms with Crippen LogP contribution in [0.5, 0.6) is 0 Å². The molecule has 2 aromatic carbocycles. The molecule has 3 rings (SSSR count). The smallest absolute Gasteiger partial charge is 0.326 e. The van der Waals surface area contributed by atoms with Crippen LogP contribution in [0.15, 0.2) is 47.4 Å². The van der Waals surface area contributed by atoms with Crippen LogP contribution in [0.4, 0.5) is 24.5 Å². The van der Waals surface area contributed by atoms with Gasteiger partial charge in [0.25, 0.3) is 0 Å². The van der Waals surface area contributed by atoms with Crippen LogP contribution in [0, 0.1) is 6.92 Å². The Balaban J connectivity index is 1.84. The van der Waals surface area contributed by atoms with Gasteiger partial charge >= 0.3 is 6.18 Å². The number of rotatable bonds is 4. The van der Waals surface area contributed by atoms with E-state index < -0.39 is 23.8 Å². The lowest BCUT2D eigenvalue weighted by Gasteiger charge is -2.25. The molecule has 0 saturated carbocycles. The van der Waals surface area contributed by atoms with Crippen LogP contribution < -0.4 is 10.6 Å². The summed E-state index contributed by atoms with van der Waals surface area (Å²) in [7, 11) is 0. The Morgan fingerprint density at radius 1 is 1.26 bits per heavy atom. The molecule has 142 valence electrons. The monoisotopic (exact) mass is 394 g/mol. The number of thioether (sulfide) groups is 1. The Bertz CT molecular complexity index is 883. The van der Waals surface area contributed by atoms with Crippen molar-refractivity contribution in [1.82, 2.24) is 0 Å². The Labute approximate surface area is 158 Å². The van der Waals surface area contributed by atoms with Crippen molar-refractivity contribution in [3.63, 3.8) is 0 Å². The van der Waals surface area contributed by atoms with E-state index in [-0.39, 0.29) is 12.3 Å². The van der Waals surface area contributed by atoms with Crippen molar-refractivity contribution in [3.05, 3.63) is 53.6 Å². The van der Waals surface area contributed by atoms with Gasteiger partial charge in [0.2, 0.25) is 11.8 Å². The zero-order valence-corrected chi connectivity index (χ0v) is 15.2. The number of alkyl halides is 3. The minimum Gasteiger partial charge on any atom is -0.326 e. The lowest BCUT2D eigenvalue weighted by Crippen LogP contribution is -2.30. The number of carbonyl (C=O) groups is 2. The summed E-state index contributed by atoms with van der Waals surface area (Å²) in [5.41, 5.74) is 2.39. The first kappa shape index (κ1) is 19.3. The second-order valence-electron chi connectivity index (χ2n) is 6.28. The van der Waals surface area contributed by atoms with E-state index in [4.69, 9.17) is 0 Å². The fourth-order valence-corrected chi connectivity index (χ4v) is 3.64. The van der Waals surface area contributed by atoms with E-state index in [2.05, 4.69) is 10.6 Å². The van der Waals surface area contributed by atoms with Crippen molar-refractivity contribution in [3.8, 4) is 0 Å². The molecule has 0 spiro atoms. The molecule has 2 aromatic rings. The second-order valence-corrected chi connectivity index (χ2v) is 7.30. The Hall–Kier alpha value is -2.48. The van der Waals surface area contributed by atoms with Crippen molar-refractivity contribution in [2.75, 3.05) is 16.4 Å². The largest absolute Gasteiger partial charge is 0.398 e. The van der Waals surface area contributed by atoms with Crippen LogP contribution >= 0.6 is 11.8 Å². The third-order valence-corrected chi connectivity index (χ3v) is 5.24. The van der Waals surface area contributed by atoms with E-state index in [9.17, 15) is 22.8 Å². The maximum absolute atomic E-state index is 12.8. The van der Waals surface area contributed by atoms with E-state index in [0.717, 1.165) is 5.56 Å². The van der Waals surface area contributed by atoms with Gasteiger partial charge in [-0.05, 0) is 36.2 Å². The van der Waals surface area contributed by atoms with Gasteiger partial charge in [0, 0.05) is 17.0 Å². The summed E-state index contributed by atoms with van der Waals surface area (Å²) < 4.78 is 37.7. The molecule has 0 aromatic heterocycles. The molecule has 1 unspecified atom stereocenters. The van der Waals surface area contributed by atoms with Crippen molar-refractivity contribution in [2.24, 2.45) is 0 Å². The summed E-state index contributed by atoms with van der Waals surface area (Å²) in [6, 6.07) is 11.9. The first-order valence-electron chi connectivity index (χ1n) is 8.23. The number of amides is 2. The van der Waals surface area contributed by atoms with E-state index in [1.165, 1.54) is 0 Å². The number of halogens is 3. The van der Waals surface area contributed by atoms with Gasteiger partial charge in [0.05, 0.1) is 17.4 Å². The Morgan fingerprint density at radius 3 is 2.74 bits per heavy atom. The maximum Gasteiger partial charge on any atom is 0.398 e. The predicted molar refractivity (Wildman–Crippen MR) is 99.0 cm³/mol. The van der Waals surface area contributed by atoms with Crippen LogP contribution in [0.1, 0.15) is 23.5 Å². The van der Waals surface area contributed by atoms with E-state index in [1.807, 2.05) is 0 Å². The molecule has 1 aliphatic heterocycles. The van der Waals surface area contributed by atoms with Crippen molar-refractivity contribution in [1.29, 1.82) is 0 Å². The summed E-state index contributed by atoms with van der Waals surface area (Å²) in [4.78, 5) is 25.1. The van der Waals surface area contributed by atoms with Gasteiger partial charge < -0.3 is 10.6 Å². The number of carbonyl (C=O) groups excluding carboxylic acids is 2. The third-order valence-electron chi connectivity index (χ3n) is 4.10. The standard InChI is InChI=1S/C19H17F3N2O2S/c1-11-6-7-16(27-10-19(20,21)22)15(8-11)24-18(26)13-9-17(25)23-14-5-3-2-4-12(13)14/h2-8,13H,9-10H2,1H3,(H,23,25)(H,24,26). The highest BCUT2D eigenvalue weighted by molar-refractivity contribution is 7.99. The number of fused-ring (bicyclic) bond motifs is 1. The molecule has 1 atom stereocenters. The first-order valence-corrected chi connectivity index (χ1v) is 9.21. The van der Waals surface area contributed by atoms with Crippen LogP contribution in [0.25, 0.3) is 0 Å². The highest BCUT2D eigenvalue weighted by Crippen LogP contribution is 2.36. The molecule has 1 heterocycles. The maximum atomic E-state index is 12.8. The normalized spacial score (nSPS) is 16.4. The Morgan fingerprint density at radius 2 is 2.00 bits per heavy atom. The van der Waals surface area contributed by atoms with Gasteiger partial charge in [-0.3, -0.25) is 9.59 Å². The average molecular weight is 394 g/mol. The molecule has 2 N–H and O–H groups in total. The molecule has 0 bridgehead atoms. The van der Waals surface area contributed by atoms with Gasteiger partial charge in [0.15, 0.2) is 0 Å². The number of hydrogen-bond acceptors (Lipinski definition) is 3. The van der Waals surface area contributed by atoms with Gasteiger partial charge in [0.1, 0.15) is 0 Å². The van der Waals surface area contributed by atoms with Crippen molar-refractivity contribution >= 4 is 35.0 Å².